The Bertz CT molecular complexity index is 696. The number of rotatable bonds is 4. The number of primary amides is 1. The van der Waals surface area contributed by atoms with E-state index in [1.54, 1.807) is 10.7 Å². The molecule has 0 bridgehead atoms. The zero-order chi connectivity index (χ0) is 15.7. The maximum atomic E-state index is 13.1. The summed E-state index contributed by atoms with van der Waals surface area (Å²) < 4.78 is 14.8. The molecule has 2 aromatic rings. The Hall–Kier alpha value is -1.88. The van der Waals surface area contributed by atoms with Crippen LogP contribution in [0.1, 0.15) is 28.4 Å². The van der Waals surface area contributed by atoms with Crippen LogP contribution >= 0.6 is 11.6 Å². The van der Waals surface area contributed by atoms with E-state index in [2.05, 4.69) is 5.10 Å². The average Bonchev–Trinajstić information content (AvgIpc) is 2.63. The van der Waals surface area contributed by atoms with Crippen molar-refractivity contribution in [3.05, 3.63) is 51.6 Å². The first-order valence-corrected chi connectivity index (χ1v) is 6.92. The lowest BCUT2D eigenvalue weighted by molar-refractivity contribution is -0.119. The molecule has 1 atom stereocenters. The molecule has 112 valence electrons. The largest absolute Gasteiger partial charge is 0.369 e. The number of nitrogens with two attached hydrogens (primary N) is 1. The van der Waals surface area contributed by atoms with Crippen LogP contribution in [-0.2, 0) is 18.3 Å². The Morgan fingerprint density at radius 3 is 2.62 bits per heavy atom. The smallest absolute Gasteiger partial charge is 0.225 e. The number of carbonyl (C=O) groups excluding carboxylic acids is 1. The molecular formula is C15H17ClFN3O. The van der Waals surface area contributed by atoms with Crippen molar-refractivity contribution in [2.24, 2.45) is 12.8 Å². The van der Waals surface area contributed by atoms with E-state index in [4.69, 9.17) is 17.3 Å². The second-order valence-corrected chi connectivity index (χ2v) is 5.51. The summed E-state index contributed by atoms with van der Waals surface area (Å²) in [5.41, 5.74) is 8.69. The Labute approximate surface area is 127 Å². The van der Waals surface area contributed by atoms with Gasteiger partial charge >= 0.3 is 0 Å². The highest BCUT2D eigenvalue weighted by Crippen LogP contribution is 2.29. The third-order valence-corrected chi connectivity index (χ3v) is 4.05. The van der Waals surface area contributed by atoms with Crippen LogP contribution in [0.2, 0.25) is 5.02 Å². The molecule has 1 aromatic carbocycles. The van der Waals surface area contributed by atoms with Gasteiger partial charge in [0.1, 0.15) is 5.82 Å². The fourth-order valence-corrected chi connectivity index (χ4v) is 2.79. The standard InChI is InChI=1S/C15H17ClFN3O/c1-8-14(9(2)20(3)19-8)12(15(18)21)6-10-4-5-11(17)7-13(10)16/h4-5,7,12H,6H2,1-3H3,(H2,18,21). The summed E-state index contributed by atoms with van der Waals surface area (Å²) in [4.78, 5) is 11.9. The minimum atomic E-state index is -0.540. The molecule has 0 saturated carbocycles. The monoisotopic (exact) mass is 309 g/mol. The average molecular weight is 310 g/mol. The summed E-state index contributed by atoms with van der Waals surface area (Å²) in [6.07, 6.45) is 0.321. The number of carbonyl (C=O) groups is 1. The van der Waals surface area contributed by atoms with E-state index in [9.17, 15) is 9.18 Å². The summed E-state index contributed by atoms with van der Waals surface area (Å²) in [6, 6.07) is 4.13. The molecule has 2 rings (SSSR count). The highest BCUT2D eigenvalue weighted by Gasteiger charge is 2.26. The molecule has 6 heteroatoms. The molecule has 0 spiro atoms. The number of nitrogens with zero attached hydrogens (tertiary/aromatic N) is 2. The second-order valence-electron chi connectivity index (χ2n) is 5.10. The van der Waals surface area contributed by atoms with E-state index in [1.165, 1.54) is 12.1 Å². The molecule has 1 amide bonds. The van der Waals surface area contributed by atoms with Crippen molar-refractivity contribution >= 4 is 17.5 Å². The Balaban J connectivity index is 2.43. The first-order valence-electron chi connectivity index (χ1n) is 6.54. The lowest BCUT2D eigenvalue weighted by atomic mass is 9.90. The van der Waals surface area contributed by atoms with Crippen LogP contribution in [0.3, 0.4) is 0 Å². The molecular weight excluding hydrogens is 293 g/mol. The molecule has 0 aliphatic rings. The van der Waals surface area contributed by atoms with Gasteiger partial charge in [-0.3, -0.25) is 9.48 Å². The highest BCUT2D eigenvalue weighted by atomic mass is 35.5. The van der Waals surface area contributed by atoms with Gasteiger partial charge in [0.05, 0.1) is 11.6 Å². The van der Waals surface area contributed by atoms with Gasteiger partial charge in [-0.1, -0.05) is 17.7 Å². The van der Waals surface area contributed by atoms with Crippen LogP contribution in [0.5, 0.6) is 0 Å². The van der Waals surface area contributed by atoms with Crippen LogP contribution < -0.4 is 5.73 Å². The Morgan fingerprint density at radius 2 is 2.14 bits per heavy atom. The summed E-state index contributed by atoms with van der Waals surface area (Å²) in [5.74, 6) is -1.40. The molecule has 0 aliphatic carbocycles. The normalized spacial score (nSPS) is 12.4. The highest BCUT2D eigenvalue weighted by molar-refractivity contribution is 6.31. The van der Waals surface area contributed by atoms with E-state index in [1.807, 2.05) is 20.9 Å². The van der Waals surface area contributed by atoms with E-state index in [0.29, 0.717) is 17.0 Å². The van der Waals surface area contributed by atoms with E-state index >= 15 is 0 Å². The van der Waals surface area contributed by atoms with Gasteiger partial charge < -0.3 is 5.73 Å². The van der Waals surface area contributed by atoms with Gasteiger partial charge in [0.2, 0.25) is 5.91 Å². The number of halogens is 2. The van der Waals surface area contributed by atoms with Crippen LogP contribution in [0.4, 0.5) is 4.39 Å². The minimum Gasteiger partial charge on any atom is -0.369 e. The third kappa shape index (κ3) is 3.08. The van der Waals surface area contributed by atoms with Crippen molar-refractivity contribution in [1.82, 2.24) is 9.78 Å². The van der Waals surface area contributed by atoms with Gasteiger partial charge in [-0.2, -0.15) is 5.10 Å². The molecule has 0 saturated heterocycles. The number of amides is 1. The number of aromatic nitrogens is 2. The molecule has 0 radical (unpaired) electrons. The maximum Gasteiger partial charge on any atom is 0.225 e. The molecule has 0 fully saturated rings. The summed E-state index contributed by atoms with van der Waals surface area (Å²) in [7, 11) is 1.81. The van der Waals surface area contributed by atoms with Crippen LogP contribution in [0.25, 0.3) is 0 Å². The Kier molecular flexibility index (Phi) is 4.32. The van der Waals surface area contributed by atoms with Gasteiger partial charge in [0, 0.05) is 23.3 Å². The molecule has 1 unspecified atom stereocenters. The van der Waals surface area contributed by atoms with E-state index in [-0.39, 0.29) is 0 Å². The van der Waals surface area contributed by atoms with Gasteiger partial charge in [-0.05, 0) is 38.0 Å². The van der Waals surface area contributed by atoms with Crippen molar-refractivity contribution in [3.8, 4) is 0 Å². The number of hydrogen-bond acceptors (Lipinski definition) is 2. The zero-order valence-electron chi connectivity index (χ0n) is 12.2. The lowest BCUT2D eigenvalue weighted by Crippen LogP contribution is -2.24. The second kappa shape index (κ2) is 5.85. The fraction of sp³-hybridized carbons (Fsp3) is 0.333. The van der Waals surface area contributed by atoms with Gasteiger partial charge in [0.25, 0.3) is 0 Å². The molecule has 1 aromatic heterocycles. The lowest BCUT2D eigenvalue weighted by Gasteiger charge is -2.15. The predicted octanol–water partition coefficient (Wildman–Crippen LogP) is 2.64. The molecule has 1 heterocycles. The summed E-state index contributed by atoms with van der Waals surface area (Å²) in [5, 5.41) is 4.60. The number of aryl methyl sites for hydroxylation is 2. The van der Waals surface area contributed by atoms with Crippen molar-refractivity contribution in [2.45, 2.75) is 26.2 Å². The van der Waals surface area contributed by atoms with Gasteiger partial charge in [-0.25, -0.2) is 4.39 Å². The molecule has 21 heavy (non-hydrogen) atoms. The third-order valence-electron chi connectivity index (χ3n) is 3.70. The van der Waals surface area contributed by atoms with Crippen molar-refractivity contribution in [2.75, 3.05) is 0 Å². The van der Waals surface area contributed by atoms with Gasteiger partial charge in [0.15, 0.2) is 0 Å². The van der Waals surface area contributed by atoms with Crippen LogP contribution in [0, 0.1) is 19.7 Å². The SMILES string of the molecule is Cc1nn(C)c(C)c1C(Cc1ccc(F)cc1Cl)C(N)=O. The summed E-state index contributed by atoms with van der Waals surface area (Å²) in [6.45, 7) is 3.72. The minimum absolute atomic E-state index is 0.292. The van der Waals surface area contributed by atoms with Crippen LogP contribution in [0.15, 0.2) is 18.2 Å². The first kappa shape index (κ1) is 15.5. The van der Waals surface area contributed by atoms with Crippen LogP contribution in [-0.4, -0.2) is 15.7 Å². The number of hydrogen-bond donors (Lipinski definition) is 1. The van der Waals surface area contributed by atoms with E-state index < -0.39 is 17.6 Å². The first-order chi connectivity index (χ1) is 9.81. The predicted molar refractivity (Wildman–Crippen MR) is 79.7 cm³/mol. The van der Waals surface area contributed by atoms with Crippen molar-refractivity contribution < 1.29 is 9.18 Å². The molecule has 2 N–H and O–H groups in total. The molecule has 4 nitrogen and oxygen atoms in total. The fourth-order valence-electron chi connectivity index (χ4n) is 2.55. The summed E-state index contributed by atoms with van der Waals surface area (Å²) >= 11 is 6.04. The van der Waals surface area contributed by atoms with Gasteiger partial charge in [-0.15, -0.1) is 0 Å². The Morgan fingerprint density at radius 1 is 1.48 bits per heavy atom. The van der Waals surface area contributed by atoms with Crippen molar-refractivity contribution in [3.63, 3.8) is 0 Å². The maximum absolute atomic E-state index is 13.1. The number of benzene rings is 1. The zero-order valence-corrected chi connectivity index (χ0v) is 12.9. The molecule has 0 aliphatic heterocycles. The quantitative estimate of drug-likeness (QED) is 0.943. The topological polar surface area (TPSA) is 60.9 Å². The van der Waals surface area contributed by atoms with Crippen molar-refractivity contribution in [1.29, 1.82) is 0 Å². The van der Waals surface area contributed by atoms with E-state index in [0.717, 1.165) is 17.0 Å².